The average Bonchev–Trinajstić information content (AvgIpc) is 3.65. The normalized spacial score (nSPS) is 17.1. The number of rotatable bonds is 6. The maximum atomic E-state index is 13.2. The third-order valence-electron chi connectivity index (χ3n) is 7.52. The Morgan fingerprint density at radius 2 is 0.733 bits per heavy atom. The minimum Gasteiger partial charge on any atom is -0.497 e. The number of Topliss-reactive ketones (excluding diaryl/α,β-unsaturated/α-hetero) is 3. The van der Waals surface area contributed by atoms with Crippen LogP contribution >= 0.6 is 0 Å². The van der Waals surface area contributed by atoms with Gasteiger partial charge in [0, 0.05) is 18.2 Å². The van der Waals surface area contributed by atoms with E-state index in [1.54, 1.807) is 91.0 Å². The lowest BCUT2D eigenvalue weighted by molar-refractivity contribution is 0.101. The third-order valence-corrected chi connectivity index (χ3v) is 7.52. The Labute approximate surface area is 257 Å². The molecule has 0 amide bonds. The van der Waals surface area contributed by atoms with E-state index < -0.39 is 0 Å². The number of carbonyl (C=O) groups excluding carboxylic acids is 3. The van der Waals surface area contributed by atoms with Crippen molar-refractivity contribution >= 4 is 35.6 Å². The summed E-state index contributed by atoms with van der Waals surface area (Å²) >= 11 is 0. The SMILES string of the molecule is COc1ccc2c(c1)O/C(=C\c1cc(/C=C3\Oc4cc(OC)ccc4C3=O)cc(/C=C3/Oc4cc(OC)ccc4C3=O)c1)C2=O. The van der Waals surface area contributed by atoms with Gasteiger partial charge in [-0.25, -0.2) is 0 Å². The van der Waals surface area contributed by atoms with Gasteiger partial charge in [0.05, 0.1) is 38.0 Å². The molecule has 0 spiro atoms. The monoisotopic (exact) mass is 600 g/mol. The zero-order chi connectivity index (χ0) is 31.2. The first-order chi connectivity index (χ1) is 21.8. The van der Waals surface area contributed by atoms with Gasteiger partial charge < -0.3 is 28.4 Å². The number of ketones is 3. The first kappa shape index (κ1) is 27.7. The fourth-order valence-corrected chi connectivity index (χ4v) is 5.29. The van der Waals surface area contributed by atoms with E-state index in [0.29, 0.717) is 67.9 Å². The summed E-state index contributed by atoms with van der Waals surface area (Å²) in [5.74, 6) is 2.34. The van der Waals surface area contributed by atoms with E-state index in [4.69, 9.17) is 28.4 Å². The standard InChI is InChI=1S/C36H24O9/c1-40-22-4-7-25-28(16-22)43-31(34(25)37)13-19-10-20(14-32-35(38)26-8-5-23(41-2)17-29(26)44-32)12-21(11-19)15-33-36(39)27-9-6-24(42-3)18-30(27)45-33/h4-18H,1-3H3/b31-13-,32-14-,33-15+. The molecule has 45 heavy (non-hydrogen) atoms. The molecule has 0 unspecified atom stereocenters. The van der Waals surface area contributed by atoms with Crippen molar-refractivity contribution in [2.24, 2.45) is 0 Å². The maximum absolute atomic E-state index is 13.2. The fourth-order valence-electron chi connectivity index (χ4n) is 5.29. The van der Waals surface area contributed by atoms with Crippen LogP contribution in [0.25, 0.3) is 18.2 Å². The van der Waals surface area contributed by atoms with Gasteiger partial charge in [-0.05, 0) is 89.5 Å². The molecule has 9 nitrogen and oxygen atoms in total. The predicted molar refractivity (Wildman–Crippen MR) is 164 cm³/mol. The highest BCUT2D eigenvalue weighted by Gasteiger charge is 2.30. The molecule has 0 fully saturated rings. The van der Waals surface area contributed by atoms with E-state index in [0.717, 1.165) is 0 Å². The molecule has 0 aromatic heterocycles. The lowest BCUT2D eigenvalue weighted by Crippen LogP contribution is -2.00. The molecular formula is C36H24O9. The van der Waals surface area contributed by atoms with E-state index in [1.807, 2.05) is 0 Å². The molecule has 0 saturated carbocycles. The molecule has 3 aliphatic heterocycles. The molecule has 4 aromatic rings. The smallest absolute Gasteiger partial charge is 0.231 e. The molecule has 7 rings (SSSR count). The number of allylic oxidation sites excluding steroid dienone is 3. The van der Waals surface area contributed by atoms with Gasteiger partial charge in [0.1, 0.15) is 34.5 Å². The third kappa shape index (κ3) is 5.00. The summed E-state index contributed by atoms with van der Waals surface area (Å²) in [6.45, 7) is 0. The van der Waals surface area contributed by atoms with Gasteiger partial charge in [0.15, 0.2) is 17.3 Å². The van der Waals surface area contributed by atoms with Gasteiger partial charge in [-0.15, -0.1) is 0 Å². The molecule has 3 aliphatic rings. The van der Waals surface area contributed by atoms with Crippen molar-refractivity contribution < 1.29 is 42.8 Å². The highest BCUT2D eigenvalue weighted by molar-refractivity contribution is 6.16. The van der Waals surface area contributed by atoms with Crippen LogP contribution in [0.15, 0.2) is 90.1 Å². The van der Waals surface area contributed by atoms with Crippen molar-refractivity contribution in [2.45, 2.75) is 0 Å². The van der Waals surface area contributed by atoms with E-state index in [2.05, 4.69) is 0 Å². The Balaban J connectivity index is 1.28. The number of benzene rings is 4. The van der Waals surface area contributed by atoms with Gasteiger partial charge in [0.25, 0.3) is 0 Å². The summed E-state index contributed by atoms with van der Waals surface area (Å²) in [6, 6.07) is 20.3. The fraction of sp³-hybridized carbons (Fsp3) is 0.0833. The van der Waals surface area contributed by atoms with Crippen molar-refractivity contribution in [1.29, 1.82) is 0 Å². The van der Waals surface area contributed by atoms with Crippen molar-refractivity contribution in [3.63, 3.8) is 0 Å². The minimum atomic E-state index is -0.284. The van der Waals surface area contributed by atoms with Crippen LogP contribution in [-0.4, -0.2) is 38.7 Å². The average molecular weight is 601 g/mol. The van der Waals surface area contributed by atoms with Gasteiger partial charge in [-0.2, -0.15) is 0 Å². The molecule has 9 heteroatoms. The summed E-state index contributed by atoms with van der Waals surface area (Å²) in [4.78, 5) is 39.5. The summed E-state index contributed by atoms with van der Waals surface area (Å²) in [5.41, 5.74) is 2.98. The highest BCUT2D eigenvalue weighted by Crippen LogP contribution is 2.38. The van der Waals surface area contributed by atoms with Crippen LogP contribution in [0, 0.1) is 0 Å². The topological polar surface area (TPSA) is 107 Å². The zero-order valence-electron chi connectivity index (χ0n) is 24.3. The van der Waals surface area contributed by atoms with Crippen LogP contribution < -0.4 is 28.4 Å². The number of fused-ring (bicyclic) bond motifs is 3. The lowest BCUT2D eigenvalue weighted by atomic mass is 10.0. The Hall–Kier alpha value is -6.09. The lowest BCUT2D eigenvalue weighted by Gasteiger charge is -2.06. The predicted octanol–water partition coefficient (Wildman–Crippen LogP) is 6.56. The van der Waals surface area contributed by atoms with Crippen LogP contribution in [0.3, 0.4) is 0 Å². The van der Waals surface area contributed by atoms with E-state index in [9.17, 15) is 14.4 Å². The molecule has 3 heterocycles. The van der Waals surface area contributed by atoms with Crippen molar-refractivity contribution in [1.82, 2.24) is 0 Å². The van der Waals surface area contributed by atoms with Crippen molar-refractivity contribution in [3.8, 4) is 34.5 Å². The number of hydrogen-bond donors (Lipinski definition) is 0. The molecule has 0 atom stereocenters. The maximum Gasteiger partial charge on any atom is 0.231 e. The Bertz CT molecular complexity index is 1800. The number of ether oxygens (including phenoxy) is 6. The second-order valence-corrected chi connectivity index (χ2v) is 10.3. The molecule has 0 radical (unpaired) electrons. The first-order valence-electron chi connectivity index (χ1n) is 13.9. The van der Waals surface area contributed by atoms with Gasteiger partial charge in [-0.1, -0.05) is 0 Å². The summed E-state index contributed by atoms with van der Waals surface area (Å²) < 4.78 is 33.5. The quantitative estimate of drug-likeness (QED) is 0.227. The summed E-state index contributed by atoms with van der Waals surface area (Å²) in [6.07, 6.45) is 4.81. The van der Waals surface area contributed by atoms with Crippen LogP contribution in [0.4, 0.5) is 0 Å². The van der Waals surface area contributed by atoms with Crippen LogP contribution in [0.1, 0.15) is 47.8 Å². The van der Waals surface area contributed by atoms with Crippen molar-refractivity contribution in [2.75, 3.05) is 21.3 Å². The largest absolute Gasteiger partial charge is 0.497 e. The number of methoxy groups -OCH3 is 3. The molecule has 4 aromatic carbocycles. The Morgan fingerprint density at radius 3 is 1.00 bits per heavy atom. The number of carbonyl (C=O) groups is 3. The van der Waals surface area contributed by atoms with Crippen LogP contribution in [-0.2, 0) is 0 Å². The van der Waals surface area contributed by atoms with E-state index in [-0.39, 0.29) is 34.6 Å². The zero-order valence-corrected chi connectivity index (χ0v) is 24.3. The van der Waals surface area contributed by atoms with Gasteiger partial charge in [0.2, 0.25) is 17.3 Å². The molecule has 0 aliphatic carbocycles. The molecule has 0 N–H and O–H groups in total. The number of hydrogen-bond acceptors (Lipinski definition) is 9. The van der Waals surface area contributed by atoms with E-state index >= 15 is 0 Å². The first-order valence-corrected chi connectivity index (χ1v) is 13.9. The molecular weight excluding hydrogens is 576 g/mol. The summed E-state index contributed by atoms with van der Waals surface area (Å²) in [5, 5.41) is 0. The van der Waals surface area contributed by atoms with Gasteiger partial charge in [-0.3, -0.25) is 14.4 Å². The van der Waals surface area contributed by atoms with Crippen LogP contribution in [0.5, 0.6) is 34.5 Å². The Kier molecular flexibility index (Phi) is 6.70. The summed E-state index contributed by atoms with van der Waals surface area (Å²) in [7, 11) is 4.60. The van der Waals surface area contributed by atoms with Gasteiger partial charge >= 0.3 is 0 Å². The second-order valence-electron chi connectivity index (χ2n) is 10.3. The second kappa shape index (κ2) is 10.9. The molecule has 222 valence electrons. The Morgan fingerprint density at radius 1 is 0.444 bits per heavy atom. The van der Waals surface area contributed by atoms with E-state index in [1.165, 1.54) is 21.3 Å². The highest BCUT2D eigenvalue weighted by atomic mass is 16.5. The molecule has 0 saturated heterocycles. The van der Waals surface area contributed by atoms with Crippen molar-refractivity contribution in [3.05, 3.63) is 123 Å². The molecule has 0 bridgehead atoms. The van der Waals surface area contributed by atoms with Crippen LogP contribution in [0.2, 0.25) is 0 Å². The minimum absolute atomic E-state index is 0.113.